The van der Waals surface area contributed by atoms with Crippen molar-refractivity contribution in [3.05, 3.63) is 34.3 Å². The molecule has 0 bridgehead atoms. The Morgan fingerprint density at radius 3 is 2.76 bits per heavy atom. The fourth-order valence-electron chi connectivity index (χ4n) is 2.11. The van der Waals surface area contributed by atoms with Crippen molar-refractivity contribution in [3.8, 4) is 0 Å². The Balaban J connectivity index is 1.80. The van der Waals surface area contributed by atoms with E-state index in [1.807, 2.05) is 6.07 Å². The van der Waals surface area contributed by atoms with Gasteiger partial charge < -0.3 is 14.8 Å². The summed E-state index contributed by atoms with van der Waals surface area (Å²) in [6.07, 6.45) is 2.68. The summed E-state index contributed by atoms with van der Waals surface area (Å²) in [5.41, 5.74) is 1.21. The topological polar surface area (TPSA) is 30.5 Å². The zero-order valence-corrected chi connectivity index (χ0v) is 14.6. The third kappa shape index (κ3) is 6.92. The summed E-state index contributed by atoms with van der Waals surface area (Å²) in [6, 6.07) is 9.05. The van der Waals surface area contributed by atoms with Gasteiger partial charge in [-0.15, -0.1) is 0 Å². The second-order valence-corrected chi connectivity index (χ2v) is 6.98. The third-order valence-electron chi connectivity index (χ3n) is 3.39. The number of hydrogen-bond donors (Lipinski definition) is 1. The van der Waals surface area contributed by atoms with Crippen LogP contribution < -0.4 is 5.32 Å². The molecule has 0 heterocycles. The molecule has 0 aromatic heterocycles. The van der Waals surface area contributed by atoms with Crippen molar-refractivity contribution in [2.75, 3.05) is 26.4 Å². The largest absolute Gasteiger partial charge is 0.379 e. The van der Waals surface area contributed by atoms with Crippen LogP contribution in [-0.2, 0) is 9.47 Å². The van der Waals surface area contributed by atoms with E-state index in [2.05, 4.69) is 53.3 Å². The summed E-state index contributed by atoms with van der Waals surface area (Å²) < 4.78 is 12.7. The predicted molar refractivity (Wildman–Crippen MR) is 89.5 cm³/mol. The van der Waals surface area contributed by atoms with Crippen LogP contribution in [0.5, 0.6) is 0 Å². The van der Waals surface area contributed by atoms with Crippen molar-refractivity contribution in [1.29, 1.82) is 0 Å². The minimum absolute atomic E-state index is 0.0887. The van der Waals surface area contributed by atoms with Gasteiger partial charge >= 0.3 is 0 Å². The molecule has 1 fully saturated rings. The number of hydrogen-bond acceptors (Lipinski definition) is 3. The molecule has 118 valence electrons. The average molecular weight is 356 g/mol. The van der Waals surface area contributed by atoms with Crippen LogP contribution in [0.15, 0.2) is 28.7 Å². The first kappa shape index (κ1) is 16.9. The summed E-state index contributed by atoms with van der Waals surface area (Å²) in [6.45, 7) is 7.27. The molecule has 3 nitrogen and oxygen atoms in total. The van der Waals surface area contributed by atoms with Crippen molar-refractivity contribution in [3.63, 3.8) is 0 Å². The maximum Gasteiger partial charge on any atom is 0.0950 e. The summed E-state index contributed by atoms with van der Waals surface area (Å²) in [4.78, 5) is 0. The highest BCUT2D eigenvalue weighted by molar-refractivity contribution is 9.10. The van der Waals surface area contributed by atoms with Gasteiger partial charge in [0.25, 0.3) is 0 Å². The van der Waals surface area contributed by atoms with Crippen molar-refractivity contribution in [2.24, 2.45) is 5.92 Å². The Bertz CT molecular complexity index is 421. The minimum atomic E-state index is 0.0887. The highest BCUT2D eigenvalue weighted by Crippen LogP contribution is 2.24. The molecule has 1 N–H and O–H groups in total. The van der Waals surface area contributed by atoms with E-state index in [1.54, 1.807) is 0 Å². The van der Waals surface area contributed by atoms with Gasteiger partial charge in [-0.05, 0) is 36.5 Å². The number of nitrogens with one attached hydrogen (secondary N) is 1. The molecule has 1 aromatic carbocycles. The Kier molecular flexibility index (Phi) is 7.17. The Morgan fingerprint density at radius 2 is 2.10 bits per heavy atom. The maximum absolute atomic E-state index is 6.03. The molecule has 0 aliphatic heterocycles. The van der Waals surface area contributed by atoms with Crippen LogP contribution in [0.25, 0.3) is 0 Å². The monoisotopic (exact) mass is 355 g/mol. The molecular weight excluding hydrogens is 330 g/mol. The van der Waals surface area contributed by atoms with E-state index in [4.69, 9.17) is 9.47 Å². The van der Waals surface area contributed by atoms with Crippen molar-refractivity contribution < 1.29 is 9.47 Å². The average Bonchev–Trinajstić information content (AvgIpc) is 3.25. The van der Waals surface area contributed by atoms with Gasteiger partial charge in [0.15, 0.2) is 0 Å². The van der Waals surface area contributed by atoms with E-state index < -0.39 is 0 Å². The van der Waals surface area contributed by atoms with E-state index >= 15 is 0 Å². The fourth-order valence-corrected chi connectivity index (χ4v) is 2.53. The Hall–Kier alpha value is -0.420. The molecule has 1 atom stereocenters. The van der Waals surface area contributed by atoms with E-state index in [1.165, 1.54) is 18.4 Å². The first-order valence-corrected chi connectivity index (χ1v) is 8.62. The summed E-state index contributed by atoms with van der Waals surface area (Å²) in [7, 11) is 0. The van der Waals surface area contributed by atoms with Crippen LogP contribution in [-0.4, -0.2) is 32.4 Å². The zero-order valence-electron chi connectivity index (χ0n) is 13.0. The lowest BCUT2D eigenvalue weighted by molar-refractivity contribution is -0.00145. The number of halogens is 1. The first-order chi connectivity index (χ1) is 10.1. The lowest BCUT2D eigenvalue weighted by Gasteiger charge is -2.19. The van der Waals surface area contributed by atoms with E-state index in [0.717, 1.165) is 17.6 Å². The zero-order chi connectivity index (χ0) is 15.1. The molecular formula is C17H26BrNO2. The lowest BCUT2D eigenvalue weighted by Crippen LogP contribution is -2.26. The SMILES string of the molecule is CC(C)COCCOC(CNC1CC1)c1cccc(Br)c1. The van der Waals surface area contributed by atoms with Crippen molar-refractivity contribution >= 4 is 15.9 Å². The molecule has 4 heteroatoms. The molecule has 21 heavy (non-hydrogen) atoms. The Morgan fingerprint density at radius 1 is 1.29 bits per heavy atom. The molecule has 1 aromatic rings. The van der Waals surface area contributed by atoms with Crippen LogP contribution >= 0.6 is 15.9 Å². The van der Waals surface area contributed by atoms with Crippen LogP contribution in [0.1, 0.15) is 38.4 Å². The van der Waals surface area contributed by atoms with Crippen LogP contribution in [0, 0.1) is 5.92 Å². The highest BCUT2D eigenvalue weighted by atomic mass is 79.9. The molecule has 1 aliphatic rings. The molecule has 0 spiro atoms. The van der Waals surface area contributed by atoms with Gasteiger partial charge in [-0.1, -0.05) is 41.9 Å². The van der Waals surface area contributed by atoms with E-state index in [-0.39, 0.29) is 6.10 Å². The van der Waals surface area contributed by atoms with Gasteiger partial charge in [-0.3, -0.25) is 0 Å². The minimum Gasteiger partial charge on any atom is -0.379 e. The third-order valence-corrected chi connectivity index (χ3v) is 3.88. The second-order valence-electron chi connectivity index (χ2n) is 6.07. The molecule has 0 amide bonds. The van der Waals surface area contributed by atoms with Gasteiger partial charge in [0, 0.05) is 23.7 Å². The first-order valence-electron chi connectivity index (χ1n) is 7.83. The number of benzene rings is 1. The summed E-state index contributed by atoms with van der Waals surface area (Å²) in [5.74, 6) is 0.572. The molecule has 1 aliphatic carbocycles. The molecule has 2 rings (SSSR count). The van der Waals surface area contributed by atoms with E-state index in [0.29, 0.717) is 25.2 Å². The van der Waals surface area contributed by atoms with Crippen molar-refractivity contribution in [2.45, 2.75) is 38.8 Å². The summed E-state index contributed by atoms with van der Waals surface area (Å²) in [5, 5.41) is 3.55. The van der Waals surface area contributed by atoms with Gasteiger partial charge in [-0.2, -0.15) is 0 Å². The quantitative estimate of drug-likeness (QED) is 0.645. The predicted octanol–water partition coefficient (Wildman–Crippen LogP) is 3.93. The molecule has 1 saturated carbocycles. The lowest BCUT2D eigenvalue weighted by atomic mass is 10.1. The second kappa shape index (κ2) is 8.89. The maximum atomic E-state index is 6.03. The smallest absolute Gasteiger partial charge is 0.0950 e. The summed E-state index contributed by atoms with van der Waals surface area (Å²) >= 11 is 3.53. The standard InChI is InChI=1S/C17H26BrNO2/c1-13(2)12-20-8-9-21-17(11-19-16-6-7-16)14-4-3-5-15(18)10-14/h3-5,10,13,16-17,19H,6-9,11-12H2,1-2H3. The highest BCUT2D eigenvalue weighted by Gasteiger charge is 2.22. The van der Waals surface area contributed by atoms with Gasteiger partial charge in [0.1, 0.15) is 0 Å². The van der Waals surface area contributed by atoms with Crippen LogP contribution in [0.3, 0.4) is 0 Å². The van der Waals surface area contributed by atoms with Gasteiger partial charge in [0.2, 0.25) is 0 Å². The fraction of sp³-hybridized carbons (Fsp3) is 0.647. The molecule has 0 saturated heterocycles. The Labute approximate surface area is 136 Å². The normalized spacial score (nSPS) is 16.4. The van der Waals surface area contributed by atoms with Crippen LogP contribution in [0.2, 0.25) is 0 Å². The molecule has 1 unspecified atom stereocenters. The van der Waals surface area contributed by atoms with E-state index in [9.17, 15) is 0 Å². The van der Waals surface area contributed by atoms with Crippen molar-refractivity contribution in [1.82, 2.24) is 5.32 Å². The number of ether oxygens (including phenoxy) is 2. The number of rotatable bonds is 10. The van der Waals surface area contributed by atoms with Gasteiger partial charge in [-0.25, -0.2) is 0 Å². The molecule has 0 radical (unpaired) electrons. The van der Waals surface area contributed by atoms with Crippen LogP contribution in [0.4, 0.5) is 0 Å². The van der Waals surface area contributed by atoms with Gasteiger partial charge in [0.05, 0.1) is 19.3 Å².